The van der Waals surface area contributed by atoms with Crippen LogP contribution in [0.25, 0.3) is 0 Å². The molecule has 0 amide bonds. The average Bonchev–Trinajstić information content (AvgIpc) is 2.73. The zero-order chi connectivity index (χ0) is 21.0. The summed E-state index contributed by atoms with van der Waals surface area (Å²) in [7, 11) is 4.47. The number of methoxy groups -OCH3 is 3. The fourth-order valence-electron chi connectivity index (χ4n) is 3.70. The van der Waals surface area contributed by atoms with Crippen LogP contribution in [0.15, 0.2) is 30.3 Å². The lowest BCUT2D eigenvalue weighted by atomic mass is 9.93. The number of ether oxygens (including phenoxy) is 4. The molecule has 0 unspecified atom stereocenters. The molecule has 158 valence electrons. The molecule has 3 rings (SSSR count). The summed E-state index contributed by atoms with van der Waals surface area (Å²) in [5, 5.41) is 30.2. The number of hydrogen-bond acceptors (Lipinski definition) is 7. The van der Waals surface area contributed by atoms with Crippen LogP contribution in [0.3, 0.4) is 0 Å². The van der Waals surface area contributed by atoms with Gasteiger partial charge in [0, 0.05) is 6.42 Å². The first-order chi connectivity index (χ1) is 13.9. The molecule has 1 aliphatic rings. The summed E-state index contributed by atoms with van der Waals surface area (Å²) in [4.78, 5) is 0. The van der Waals surface area contributed by atoms with Gasteiger partial charge < -0.3 is 34.3 Å². The molecule has 0 radical (unpaired) electrons. The number of phenols is 2. The molecule has 7 nitrogen and oxygen atoms in total. The van der Waals surface area contributed by atoms with Crippen LogP contribution in [0.1, 0.15) is 36.5 Å². The number of aryl methyl sites for hydroxylation is 1. The zero-order valence-electron chi connectivity index (χ0n) is 16.9. The third-order valence-corrected chi connectivity index (χ3v) is 5.25. The summed E-state index contributed by atoms with van der Waals surface area (Å²) in [5.74, 6) is 1.09. The van der Waals surface area contributed by atoms with Crippen molar-refractivity contribution in [3.8, 4) is 28.7 Å². The molecule has 0 saturated carbocycles. The number of rotatable bonds is 7. The Kier molecular flexibility index (Phi) is 6.71. The Morgan fingerprint density at radius 2 is 1.59 bits per heavy atom. The van der Waals surface area contributed by atoms with Crippen molar-refractivity contribution in [2.75, 3.05) is 21.3 Å². The van der Waals surface area contributed by atoms with Crippen LogP contribution in [-0.2, 0) is 11.2 Å². The van der Waals surface area contributed by atoms with Crippen LogP contribution in [0.4, 0.5) is 0 Å². The molecule has 1 fully saturated rings. The van der Waals surface area contributed by atoms with Crippen LogP contribution in [0, 0.1) is 0 Å². The minimum Gasteiger partial charge on any atom is -0.504 e. The second kappa shape index (κ2) is 9.24. The van der Waals surface area contributed by atoms with Gasteiger partial charge in [-0.1, -0.05) is 6.07 Å². The maximum Gasteiger partial charge on any atom is 0.200 e. The third-order valence-electron chi connectivity index (χ3n) is 5.25. The summed E-state index contributed by atoms with van der Waals surface area (Å²) in [5.41, 5.74) is 1.80. The summed E-state index contributed by atoms with van der Waals surface area (Å²) < 4.78 is 21.9. The van der Waals surface area contributed by atoms with E-state index in [0.717, 1.165) is 17.5 Å². The van der Waals surface area contributed by atoms with E-state index < -0.39 is 6.10 Å². The predicted octanol–water partition coefficient (Wildman–Crippen LogP) is 3.34. The molecule has 7 heteroatoms. The molecule has 0 aliphatic carbocycles. The first kappa shape index (κ1) is 21.1. The number of aromatic hydroxyl groups is 2. The number of hydrogen-bond donors (Lipinski definition) is 3. The van der Waals surface area contributed by atoms with E-state index in [2.05, 4.69) is 0 Å². The predicted molar refractivity (Wildman–Crippen MR) is 107 cm³/mol. The van der Waals surface area contributed by atoms with Crippen molar-refractivity contribution in [3.63, 3.8) is 0 Å². The SMILES string of the molecule is COc1cc(CC[C@H]2C[C@@H](O)C[C@@H](c3cc(OC)c(O)c(OC)c3)O2)ccc1O. The van der Waals surface area contributed by atoms with Crippen molar-refractivity contribution in [3.05, 3.63) is 41.5 Å². The molecule has 2 aromatic rings. The Labute approximate surface area is 170 Å². The van der Waals surface area contributed by atoms with Crippen molar-refractivity contribution in [1.29, 1.82) is 0 Å². The van der Waals surface area contributed by atoms with E-state index >= 15 is 0 Å². The summed E-state index contributed by atoms with van der Waals surface area (Å²) in [6.45, 7) is 0. The molecule has 0 aromatic heterocycles. The lowest BCUT2D eigenvalue weighted by Crippen LogP contribution is -2.31. The Morgan fingerprint density at radius 3 is 2.21 bits per heavy atom. The maximum absolute atomic E-state index is 10.4. The highest BCUT2D eigenvalue weighted by Crippen LogP contribution is 2.42. The minimum atomic E-state index is -0.487. The smallest absolute Gasteiger partial charge is 0.200 e. The van der Waals surface area contributed by atoms with Gasteiger partial charge in [-0.25, -0.2) is 0 Å². The van der Waals surface area contributed by atoms with Gasteiger partial charge in [0.2, 0.25) is 5.75 Å². The van der Waals surface area contributed by atoms with Crippen molar-refractivity contribution in [2.45, 2.75) is 44.0 Å². The second-order valence-corrected chi connectivity index (χ2v) is 7.19. The fraction of sp³-hybridized carbons (Fsp3) is 0.455. The van der Waals surface area contributed by atoms with E-state index in [1.165, 1.54) is 21.3 Å². The van der Waals surface area contributed by atoms with Gasteiger partial charge in [-0.3, -0.25) is 0 Å². The summed E-state index contributed by atoms with van der Waals surface area (Å²) in [6.07, 6.45) is 1.50. The van der Waals surface area contributed by atoms with Crippen molar-refractivity contribution in [1.82, 2.24) is 0 Å². The van der Waals surface area contributed by atoms with Crippen LogP contribution in [-0.4, -0.2) is 48.9 Å². The topological polar surface area (TPSA) is 97.6 Å². The molecule has 29 heavy (non-hydrogen) atoms. The molecule has 1 aliphatic heterocycles. The normalized spacial score (nSPS) is 21.6. The van der Waals surface area contributed by atoms with Crippen LogP contribution >= 0.6 is 0 Å². The van der Waals surface area contributed by atoms with Gasteiger partial charge >= 0.3 is 0 Å². The standard InChI is InChI=1S/C22H28O7/c1-26-19-8-13(5-7-17(19)24)4-6-16-11-15(23)12-18(29-16)14-9-20(27-2)22(25)21(10-14)28-3/h5,7-10,15-16,18,23-25H,4,6,11-12H2,1-3H3/t15-,16+,18+/m1/s1. The zero-order valence-corrected chi connectivity index (χ0v) is 16.9. The van der Waals surface area contributed by atoms with E-state index in [9.17, 15) is 15.3 Å². The third kappa shape index (κ3) is 4.86. The van der Waals surface area contributed by atoms with E-state index in [4.69, 9.17) is 18.9 Å². The van der Waals surface area contributed by atoms with Gasteiger partial charge in [0.15, 0.2) is 23.0 Å². The number of aliphatic hydroxyl groups excluding tert-OH is 1. The summed E-state index contributed by atoms with van der Waals surface area (Å²) in [6, 6.07) is 8.69. The summed E-state index contributed by atoms with van der Waals surface area (Å²) >= 11 is 0. The minimum absolute atomic E-state index is 0.0621. The molecule has 1 heterocycles. The molecule has 3 atom stereocenters. The van der Waals surface area contributed by atoms with Gasteiger partial charge in [-0.2, -0.15) is 0 Å². The largest absolute Gasteiger partial charge is 0.504 e. The van der Waals surface area contributed by atoms with Crippen LogP contribution in [0.2, 0.25) is 0 Å². The molecule has 0 spiro atoms. The van der Waals surface area contributed by atoms with E-state index in [0.29, 0.717) is 36.5 Å². The highest BCUT2D eigenvalue weighted by atomic mass is 16.5. The number of benzene rings is 2. The van der Waals surface area contributed by atoms with E-state index in [1.54, 1.807) is 18.2 Å². The van der Waals surface area contributed by atoms with Crippen LogP contribution in [0.5, 0.6) is 28.7 Å². The molecular weight excluding hydrogens is 376 g/mol. The molecule has 3 N–H and O–H groups in total. The first-order valence-electron chi connectivity index (χ1n) is 9.59. The Hall–Kier alpha value is -2.64. The molecule has 0 bridgehead atoms. The van der Waals surface area contributed by atoms with Gasteiger partial charge in [0.05, 0.1) is 39.6 Å². The van der Waals surface area contributed by atoms with Crippen molar-refractivity contribution >= 4 is 0 Å². The molecule has 1 saturated heterocycles. The van der Waals surface area contributed by atoms with Crippen molar-refractivity contribution < 1.29 is 34.3 Å². The first-order valence-corrected chi connectivity index (χ1v) is 9.59. The average molecular weight is 404 g/mol. The second-order valence-electron chi connectivity index (χ2n) is 7.19. The maximum atomic E-state index is 10.4. The lowest BCUT2D eigenvalue weighted by Gasteiger charge is -2.34. The van der Waals surface area contributed by atoms with E-state index in [1.807, 2.05) is 12.1 Å². The highest BCUT2D eigenvalue weighted by Gasteiger charge is 2.30. The van der Waals surface area contributed by atoms with E-state index in [-0.39, 0.29) is 23.7 Å². The highest BCUT2D eigenvalue weighted by molar-refractivity contribution is 5.53. The van der Waals surface area contributed by atoms with Gasteiger partial charge in [0.25, 0.3) is 0 Å². The quantitative estimate of drug-likeness (QED) is 0.651. The number of aliphatic hydroxyl groups is 1. The lowest BCUT2D eigenvalue weighted by molar-refractivity contribution is -0.0999. The number of phenolic OH excluding ortho intramolecular Hbond substituents is 2. The molecular formula is C22H28O7. The Bertz CT molecular complexity index is 811. The van der Waals surface area contributed by atoms with Crippen LogP contribution < -0.4 is 14.2 Å². The van der Waals surface area contributed by atoms with Gasteiger partial charge in [-0.15, -0.1) is 0 Å². The fourth-order valence-corrected chi connectivity index (χ4v) is 3.70. The monoisotopic (exact) mass is 404 g/mol. The van der Waals surface area contributed by atoms with Crippen molar-refractivity contribution in [2.24, 2.45) is 0 Å². The Balaban J connectivity index is 1.72. The molecule has 2 aromatic carbocycles. The van der Waals surface area contributed by atoms with Gasteiger partial charge in [-0.05, 0) is 54.7 Å². The van der Waals surface area contributed by atoms with Gasteiger partial charge in [0.1, 0.15) is 0 Å². The Morgan fingerprint density at radius 1 is 0.931 bits per heavy atom.